The molecule has 1 amide bonds. The summed E-state index contributed by atoms with van der Waals surface area (Å²) in [7, 11) is -3.33. The number of benzene rings is 1. The van der Waals surface area contributed by atoms with Crippen molar-refractivity contribution in [3.05, 3.63) is 29.8 Å². The van der Waals surface area contributed by atoms with Crippen molar-refractivity contribution in [1.29, 1.82) is 0 Å². The number of carboxylic acid groups (broad SMARTS) is 1. The number of carbonyl (C=O) groups excluding carboxylic acids is 1. The molecule has 2 N–H and O–H groups in total. The molecule has 6 nitrogen and oxygen atoms in total. The second-order valence-corrected chi connectivity index (χ2v) is 6.00. The van der Waals surface area contributed by atoms with Crippen LogP contribution < -0.4 is 5.32 Å². The zero-order valence-corrected chi connectivity index (χ0v) is 10.7. The Kier molecular flexibility index (Phi) is 3.76. The van der Waals surface area contributed by atoms with E-state index in [2.05, 4.69) is 5.32 Å². The quantitative estimate of drug-likeness (QED) is 0.742. The minimum Gasteiger partial charge on any atom is -0.479 e. The SMILES string of the molecule is CC(NC=O)(C(=O)O)c1ccc(S(C)(=O)=O)cc1. The average Bonchev–Trinajstić information content (AvgIpc) is 2.28. The Morgan fingerprint density at radius 2 is 1.83 bits per heavy atom. The Balaban J connectivity index is 3.25. The summed E-state index contributed by atoms with van der Waals surface area (Å²) in [4.78, 5) is 21.7. The fourth-order valence-corrected chi connectivity index (χ4v) is 2.05. The first-order valence-electron chi connectivity index (χ1n) is 4.97. The van der Waals surface area contributed by atoms with E-state index in [1.165, 1.54) is 31.2 Å². The van der Waals surface area contributed by atoms with Crippen LogP contribution >= 0.6 is 0 Å². The molecule has 0 saturated heterocycles. The molecule has 0 saturated carbocycles. The Morgan fingerprint density at radius 3 is 2.17 bits per heavy atom. The van der Waals surface area contributed by atoms with E-state index < -0.39 is 21.3 Å². The second kappa shape index (κ2) is 4.77. The van der Waals surface area contributed by atoms with Crippen LogP contribution in [0.5, 0.6) is 0 Å². The molecule has 1 rings (SSSR count). The van der Waals surface area contributed by atoms with Gasteiger partial charge in [-0.1, -0.05) is 12.1 Å². The van der Waals surface area contributed by atoms with Gasteiger partial charge in [0.15, 0.2) is 15.4 Å². The van der Waals surface area contributed by atoms with Gasteiger partial charge in [-0.05, 0) is 24.6 Å². The smallest absolute Gasteiger partial charge is 0.333 e. The van der Waals surface area contributed by atoms with E-state index in [1.54, 1.807) is 0 Å². The predicted octanol–water partition coefficient (Wildman–Crippen LogP) is 0.136. The van der Waals surface area contributed by atoms with Crippen LogP contribution in [0.3, 0.4) is 0 Å². The van der Waals surface area contributed by atoms with Crippen molar-refractivity contribution in [2.45, 2.75) is 17.4 Å². The lowest BCUT2D eigenvalue weighted by Gasteiger charge is -2.24. The standard InChI is InChI=1S/C11H13NO5S/c1-11(10(14)15,12-7-13)8-3-5-9(6-4-8)18(2,16)17/h3-7H,1-2H3,(H,12,13)(H,14,15). The molecule has 0 aromatic heterocycles. The molecule has 7 heteroatoms. The van der Waals surface area contributed by atoms with E-state index >= 15 is 0 Å². The molecule has 18 heavy (non-hydrogen) atoms. The van der Waals surface area contributed by atoms with Crippen LogP contribution in [0.1, 0.15) is 12.5 Å². The first kappa shape index (κ1) is 14.2. The summed E-state index contributed by atoms with van der Waals surface area (Å²) in [5.41, 5.74) is -1.30. The maximum absolute atomic E-state index is 11.3. The van der Waals surface area contributed by atoms with Gasteiger partial charge in [0.1, 0.15) is 0 Å². The molecule has 0 spiro atoms. The Hall–Kier alpha value is -1.89. The summed E-state index contributed by atoms with van der Waals surface area (Å²) in [5.74, 6) is -1.23. The second-order valence-electron chi connectivity index (χ2n) is 3.99. The molecule has 1 aromatic carbocycles. The van der Waals surface area contributed by atoms with Gasteiger partial charge in [0.05, 0.1) is 4.90 Å². The number of sulfone groups is 1. The number of hydrogen-bond acceptors (Lipinski definition) is 4. The first-order valence-corrected chi connectivity index (χ1v) is 6.86. The molecule has 0 bridgehead atoms. The molecule has 0 aliphatic heterocycles. The van der Waals surface area contributed by atoms with Crippen LogP contribution in [0.4, 0.5) is 0 Å². The topological polar surface area (TPSA) is 101 Å². The number of carboxylic acids is 1. The van der Waals surface area contributed by atoms with Crippen LogP contribution in [0, 0.1) is 0 Å². The Labute approximate surface area is 105 Å². The largest absolute Gasteiger partial charge is 0.479 e. The molecule has 0 heterocycles. The number of amides is 1. The highest BCUT2D eigenvalue weighted by Crippen LogP contribution is 2.22. The van der Waals surface area contributed by atoms with Gasteiger partial charge in [-0.3, -0.25) is 4.79 Å². The highest BCUT2D eigenvalue weighted by molar-refractivity contribution is 7.90. The van der Waals surface area contributed by atoms with Gasteiger partial charge >= 0.3 is 5.97 Å². The molecule has 1 aromatic rings. The third-order valence-electron chi connectivity index (χ3n) is 2.64. The molecule has 1 unspecified atom stereocenters. The van der Waals surface area contributed by atoms with Crippen molar-refractivity contribution in [3.8, 4) is 0 Å². The molecule has 0 radical (unpaired) electrons. The lowest BCUT2D eigenvalue weighted by Crippen LogP contribution is -2.45. The van der Waals surface area contributed by atoms with Crippen LogP contribution in [0.2, 0.25) is 0 Å². The van der Waals surface area contributed by atoms with Crippen molar-refractivity contribution < 1.29 is 23.1 Å². The van der Waals surface area contributed by atoms with E-state index in [4.69, 9.17) is 5.11 Å². The fraction of sp³-hybridized carbons (Fsp3) is 0.273. The zero-order valence-electron chi connectivity index (χ0n) is 9.88. The van der Waals surface area contributed by atoms with Crippen molar-refractivity contribution in [2.75, 3.05) is 6.26 Å². The zero-order chi connectivity index (χ0) is 14.0. The van der Waals surface area contributed by atoms with Gasteiger partial charge in [0.2, 0.25) is 6.41 Å². The summed E-state index contributed by atoms with van der Waals surface area (Å²) in [6, 6.07) is 5.33. The lowest BCUT2D eigenvalue weighted by atomic mass is 9.92. The van der Waals surface area contributed by atoms with Gasteiger partial charge < -0.3 is 10.4 Å². The van der Waals surface area contributed by atoms with Crippen LogP contribution in [0.25, 0.3) is 0 Å². The van der Waals surface area contributed by atoms with Gasteiger partial charge in [0.25, 0.3) is 0 Å². The van der Waals surface area contributed by atoms with Crippen LogP contribution in [0.15, 0.2) is 29.2 Å². The molecule has 0 aliphatic rings. The molecular weight excluding hydrogens is 258 g/mol. The fourth-order valence-electron chi connectivity index (χ4n) is 1.42. The van der Waals surface area contributed by atoms with Crippen LogP contribution in [-0.2, 0) is 25.0 Å². The minimum atomic E-state index is -3.33. The predicted molar refractivity (Wildman–Crippen MR) is 63.7 cm³/mol. The van der Waals surface area contributed by atoms with E-state index in [0.29, 0.717) is 6.41 Å². The third-order valence-corrected chi connectivity index (χ3v) is 3.76. The van der Waals surface area contributed by atoms with E-state index in [0.717, 1.165) is 6.26 Å². The van der Waals surface area contributed by atoms with Crippen molar-refractivity contribution in [3.63, 3.8) is 0 Å². The summed E-state index contributed by atoms with van der Waals surface area (Å²) < 4.78 is 22.5. The maximum Gasteiger partial charge on any atom is 0.333 e. The lowest BCUT2D eigenvalue weighted by molar-refractivity contribution is -0.145. The van der Waals surface area contributed by atoms with Crippen LogP contribution in [-0.4, -0.2) is 32.2 Å². The van der Waals surface area contributed by atoms with Gasteiger partial charge in [-0.15, -0.1) is 0 Å². The van der Waals surface area contributed by atoms with Crippen molar-refractivity contribution in [2.24, 2.45) is 0 Å². The maximum atomic E-state index is 11.3. The molecular formula is C11H13NO5S. The molecule has 98 valence electrons. The van der Waals surface area contributed by atoms with Gasteiger partial charge in [-0.25, -0.2) is 13.2 Å². The van der Waals surface area contributed by atoms with E-state index in [9.17, 15) is 18.0 Å². The summed E-state index contributed by atoms with van der Waals surface area (Å²) >= 11 is 0. The van der Waals surface area contributed by atoms with Gasteiger partial charge in [-0.2, -0.15) is 0 Å². The van der Waals surface area contributed by atoms with Crippen molar-refractivity contribution >= 4 is 22.2 Å². The number of carbonyl (C=O) groups is 2. The van der Waals surface area contributed by atoms with Crippen molar-refractivity contribution in [1.82, 2.24) is 5.32 Å². The monoisotopic (exact) mass is 271 g/mol. The Bertz CT molecular complexity index is 564. The molecule has 0 fully saturated rings. The number of nitrogens with one attached hydrogen (secondary N) is 1. The Morgan fingerprint density at radius 1 is 1.33 bits per heavy atom. The summed E-state index contributed by atoms with van der Waals surface area (Å²) in [6.45, 7) is 1.32. The summed E-state index contributed by atoms with van der Waals surface area (Å²) in [6.07, 6.45) is 1.35. The molecule has 1 atom stereocenters. The average molecular weight is 271 g/mol. The number of rotatable bonds is 5. The molecule has 0 aliphatic carbocycles. The van der Waals surface area contributed by atoms with E-state index in [-0.39, 0.29) is 10.5 Å². The minimum absolute atomic E-state index is 0.0880. The highest BCUT2D eigenvalue weighted by Gasteiger charge is 2.34. The number of hydrogen-bond donors (Lipinski definition) is 2. The normalized spacial score (nSPS) is 14.6. The number of aliphatic carboxylic acids is 1. The highest BCUT2D eigenvalue weighted by atomic mass is 32.2. The third kappa shape index (κ3) is 2.67. The van der Waals surface area contributed by atoms with Gasteiger partial charge in [0, 0.05) is 6.26 Å². The van der Waals surface area contributed by atoms with E-state index in [1.807, 2.05) is 0 Å². The first-order chi connectivity index (χ1) is 8.21. The summed E-state index contributed by atoms with van der Waals surface area (Å²) in [5, 5.41) is 11.3.